The minimum absolute atomic E-state index is 0.244. The van der Waals surface area contributed by atoms with Crippen LogP contribution >= 0.6 is 0 Å². The first-order chi connectivity index (χ1) is 7.25. The number of pyridine rings is 1. The van der Waals surface area contributed by atoms with Crippen molar-refractivity contribution >= 4 is 5.97 Å². The van der Waals surface area contributed by atoms with Gasteiger partial charge in [-0.3, -0.25) is 4.98 Å². The van der Waals surface area contributed by atoms with E-state index in [-0.39, 0.29) is 5.56 Å². The maximum atomic E-state index is 10.6. The van der Waals surface area contributed by atoms with Crippen LogP contribution in [0.3, 0.4) is 0 Å². The Morgan fingerprint density at radius 2 is 2.33 bits per heavy atom. The molecule has 1 aromatic rings. The van der Waals surface area contributed by atoms with Gasteiger partial charge in [-0.2, -0.15) is 0 Å². The number of hydrogen-bond acceptors (Lipinski definition) is 3. The van der Waals surface area contributed by atoms with Crippen molar-refractivity contribution in [2.45, 2.75) is 25.3 Å². The van der Waals surface area contributed by atoms with Gasteiger partial charge in [-0.15, -0.1) is 0 Å². The van der Waals surface area contributed by atoms with Crippen LogP contribution in [0.15, 0.2) is 18.3 Å². The van der Waals surface area contributed by atoms with E-state index < -0.39 is 5.97 Å². The van der Waals surface area contributed by atoms with Gasteiger partial charge in [-0.25, -0.2) is 4.79 Å². The van der Waals surface area contributed by atoms with Crippen LogP contribution in [0.4, 0.5) is 0 Å². The average Bonchev–Trinajstić information content (AvgIpc) is 3.02. The average molecular weight is 206 g/mol. The van der Waals surface area contributed by atoms with Gasteiger partial charge < -0.3 is 10.4 Å². The zero-order valence-corrected chi connectivity index (χ0v) is 8.44. The van der Waals surface area contributed by atoms with Gasteiger partial charge in [-0.05, 0) is 25.0 Å². The van der Waals surface area contributed by atoms with Gasteiger partial charge in [0, 0.05) is 30.9 Å². The summed E-state index contributed by atoms with van der Waals surface area (Å²) in [4.78, 5) is 14.7. The summed E-state index contributed by atoms with van der Waals surface area (Å²) in [6.45, 7) is 0.921. The lowest BCUT2D eigenvalue weighted by molar-refractivity contribution is 0.0696. The van der Waals surface area contributed by atoms with Crippen LogP contribution in [0.2, 0.25) is 0 Å². The lowest BCUT2D eigenvalue weighted by Gasteiger charge is -2.02. The van der Waals surface area contributed by atoms with E-state index in [2.05, 4.69) is 10.3 Å². The molecule has 1 fully saturated rings. The monoisotopic (exact) mass is 206 g/mol. The topological polar surface area (TPSA) is 62.2 Å². The minimum atomic E-state index is -0.926. The maximum Gasteiger partial charge on any atom is 0.337 e. The highest BCUT2D eigenvalue weighted by molar-refractivity contribution is 5.87. The van der Waals surface area contributed by atoms with E-state index >= 15 is 0 Å². The molecule has 2 N–H and O–H groups in total. The number of nitrogens with one attached hydrogen (secondary N) is 1. The largest absolute Gasteiger partial charge is 0.478 e. The van der Waals surface area contributed by atoms with Crippen molar-refractivity contribution in [3.05, 3.63) is 29.6 Å². The molecule has 0 aliphatic heterocycles. The van der Waals surface area contributed by atoms with Crippen molar-refractivity contribution in [2.75, 3.05) is 6.54 Å². The molecule has 4 nitrogen and oxygen atoms in total. The highest BCUT2D eigenvalue weighted by Gasteiger charge is 2.19. The molecule has 0 amide bonds. The van der Waals surface area contributed by atoms with Crippen molar-refractivity contribution in [3.8, 4) is 0 Å². The highest BCUT2D eigenvalue weighted by atomic mass is 16.4. The normalized spacial score (nSPS) is 15.2. The van der Waals surface area contributed by atoms with Crippen molar-refractivity contribution in [3.63, 3.8) is 0 Å². The number of carboxylic acid groups (broad SMARTS) is 1. The summed E-state index contributed by atoms with van der Waals surface area (Å²) < 4.78 is 0. The quantitative estimate of drug-likeness (QED) is 0.756. The first-order valence-corrected chi connectivity index (χ1v) is 5.17. The Morgan fingerprint density at radius 3 is 2.87 bits per heavy atom. The summed E-state index contributed by atoms with van der Waals surface area (Å²) in [5, 5.41) is 12.1. The maximum absolute atomic E-state index is 10.6. The molecule has 0 bridgehead atoms. The minimum Gasteiger partial charge on any atom is -0.478 e. The third kappa shape index (κ3) is 3.02. The lowest BCUT2D eigenvalue weighted by Crippen LogP contribution is -2.19. The molecule has 1 saturated carbocycles. The summed E-state index contributed by atoms with van der Waals surface area (Å²) in [7, 11) is 0. The molecular formula is C11H14N2O2. The third-order valence-corrected chi connectivity index (χ3v) is 2.46. The molecule has 4 heteroatoms. The summed E-state index contributed by atoms with van der Waals surface area (Å²) in [5.74, 6) is -0.926. The van der Waals surface area contributed by atoms with E-state index in [0.29, 0.717) is 6.04 Å². The molecule has 0 unspecified atom stereocenters. The fraction of sp³-hybridized carbons (Fsp3) is 0.455. The Bertz CT molecular complexity index is 344. The number of carboxylic acids is 1. The summed E-state index contributed by atoms with van der Waals surface area (Å²) in [6.07, 6.45) is 4.84. The number of nitrogens with zero attached hydrogens (tertiary/aromatic N) is 1. The molecule has 2 rings (SSSR count). The van der Waals surface area contributed by atoms with Gasteiger partial charge in [0.25, 0.3) is 0 Å². The molecule has 1 aliphatic carbocycles. The van der Waals surface area contributed by atoms with Crippen molar-refractivity contribution in [1.82, 2.24) is 10.3 Å². The van der Waals surface area contributed by atoms with E-state index in [9.17, 15) is 4.79 Å². The molecular weight excluding hydrogens is 192 g/mol. The number of carbonyl (C=O) groups is 1. The molecule has 0 atom stereocenters. The van der Waals surface area contributed by atoms with Crippen molar-refractivity contribution in [1.29, 1.82) is 0 Å². The molecule has 1 aromatic heterocycles. The number of rotatable bonds is 5. The van der Waals surface area contributed by atoms with Crippen molar-refractivity contribution in [2.24, 2.45) is 0 Å². The van der Waals surface area contributed by atoms with Gasteiger partial charge in [0.2, 0.25) is 0 Å². The number of aromatic carboxylic acids is 1. The van der Waals surface area contributed by atoms with Gasteiger partial charge in [0.15, 0.2) is 0 Å². The van der Waals surface area contributed by atoms with E-state index in [4.69, 9.17) is 5.11 Å². The molecule has 80 valence electrons. The van der Waals surface area contributed by atoms with E-state index in [0.717, 1.165) is 18.7 Å². The number of hydrogen-bond donors (Lipinski definition) is 2. The Kier molecular flexibility index (Phi) is 2.97. The zero-order valence-electron chi connectivity index (χ0n) is 8.44. The van der Waals surface area contributed by atoms with Gasteiger partial charge in [0.05, 0.1) is 5.56 Å². The lowest BCUT2D eigenvalue weighted by atomic mass is 10.2. The highest BCUT2D eigenvalue weighted by Crippen LogP contribution is 2.18. The zero-order chi connectivity index (χ0) is 10.7. The van der Waals surface area contributed by atoms with Crippen LogP contribution in [0.1, 0.15) is 28.9 Å². The van der Waals surface area contributed by atoms with Crippen LogP contribution in [-0.4, -0.2) is 28.6 Å². The van der Waals surface area contributed by atoms with Crippen LogP contribution in [0, 0.1) is 0 Å². The smallest absolute Gasteiger partial charge is 0.337 e. The molecule has 1 heterocycles. The molecule has 0 aromatic carbocycles. The SMILES string of the molecule is O=C(O)c1ccc(CCNC2CC2)nc1. The van der Waals surface area contributed by atoms with Gasteiger partial charge in [-0.1, -0.05) is 0 Å². The second kappa shape index (κ2) is 4.40. The van der Waals surface area contributed by atoms with Crippen LogP contribution in [-0.2, 0) is 6.42 Å². The summed E-state index contributed by atoms with van der Waals surface area (Å²) in [5.41, 5.74) is 1.18. The molecule has 0 spiro atoms. The van der Waals surface area contributed by atoms with E-state index in [1.165, 1.54) is 19.0 Å². The number of aromatic nitrogens is 1. The standard InChI is InChI=1S/C11H14N2O2/c14-11(15)8-1-2-10(13-7-8)5-6-12-9-3-4-9/h1-2,7,9,12H,3-6H2,(H,14,15). The second-order valence-electron chi connectivity index (χ2n) is 3.82. The van der Waals surface area contributed by atoms with Gasteiger partial charge in [0.1, 0.15) is 0 Å². The van der Waals surface area contributed by atoms with Crippen LogP contribution in [0.25, 0.3) is 0 Å². The predicted molar refractivity (Wildman–Crippen MR) is 55.9 cm³/mol. The Labute approximate surface area is 88.3 Å². The summed E-state index contributed by atoms with van der Waals surface area (Å²) in [6, 6.07) is 4.09. The molecule has 0 saturated heterocycles. The molecule has 15 heavy (non-hydrogen) atoms. The predicted octanol–water partition coefficient (Wildman–Crippen LogP) is 1.07. The Hall–Kier alpha value is -1.42. The Balaban J connectivity index is 1.83. The first kappa shape index (κ1) is 10.1. The van der Waals surface area contributed by atoms with E-state index in [1.54, 1.807) is 12.1 Å². The van der Waals surface area contributed by atoms with Crippen LogP contribution in [0.5, 0.6) is 0 Å². The fourth-order valence-corrected chi connectivity index (χ4v) is 1.39. The van der Waals surface area contributed by atoms with Gasteiger partial charge >= 0.3 is 5.97 Å². The molecule has 1 aliphatic rings. The third-order valence-electron chi connectivity index (χ3n) is 2.46. The van der Waals surface area contributed by atoms with Crippen molar-refractivity contribution < 1.29 is 9.90 Å². The second-order valence-corrected chi connectivity index (χ2v) is 3.82. The summed E-state index contributed by atoms with van der Waals surface area (Å²) >= 11 is 0. The van der Waals surface area contributed by atoms with Crippen LogP contribution < -0.4 is 5.32 Å². The fourth-order valence-electron chi connectivity index (χ4n) is 1.39. The van der Waals surface area contributed by atoms with E-state index in [1.807, 2.05) is 0 Å². The Morgan fingerprint density at radius 1 is 1.53 bits per heavy atom. The molecule has 0 radical (unpaired) electrons. The first-order valence-electron chi connectivity index (χ1n) is 5.17.